The molecule has 0 fully saturated rings. The van der Waals surface area contributed by atoms with E-state index in [2.05, 4.69) is 26.9 Å². The molecule has 4 aromatic rings. The van der Waals surface area contributed by atoms with Gasteiger partial charge in [-0.2, -0.15) is 4.98 Å². The summed E-state index contributed by atoms with van der Waals surface area (Å²) in [6, 6.07) is 21.4. The fraction of sp³-hybridized carbons (Fsp3) is 0.286. The molecule has 0 bridgehead atoms. The molecule has 11 nitrogen and oxygen atoms in total. The van der Waals surface area contributed by atoms with Gasteiger partial charge >= 0.3 is 12.0 Å². The molecule has 0 saturated carbocycles. The number of aliphatic carboxylic acids is 1. The second-order valence-corrected chi connectivity index (χ2v) is 11.5. The van der Waals surface area contributed by atoms with Gasteiger partial charge in [0.1, 0.15) is 0 Å². The van der Waals surface area contributed by atoms with Crippen molar-refractivity contribution in [2.75, 3.05) is 16.8 Å². The monoisotopic (exact) mass is 623 g/mol. The molecule has 3 aromatic carbocycles. The van der Waals surface area contributed by atoms with Crippen LogP contribution in [-0.4, -0.2) is 50.9 Å². The lowest BCUT2D eigenvalue weighted by Gasteiger charge is -2.24. The number of anilines is 2. The molecule has 0 saturated heterocycles. The van der Waals surface area contributed by atoms with E-state index in [1.165, 1.54) is 12.0 Å². The van der Waals surface area contributed by atoms with Crippen LogP contribution in [-0.2, 0) is 11.3 Å². The number of carboxylic acids is 1. The number of allylic oxidation sites excluding steroid dienone is 2. The summed E-state index contributed by atoms with van der Waals surface area (Å²) in [6.45, 7) is 3.75. The van der Waals surface area contributed by atoms with Crippen molar-refractivity contribution in [1.82, 2.24) is 15.5 Å². The summed E-state index contributed by atoms with van der Waals surface area (Å²) in [5.41, 5.74) is 5.43. The van der Waals surface area contributed by atoms with Crippen LogP contribution >= 0.6 is 0 Å². The highest BCUT2D eigenvalue weighted by atomic mass is 16.5. The predicted molar refractivity (Wildman–Crippen MR) is 174 cm³/mol. The Labute approximate surface area is 266 Å². The topological polar surface area (TPSA) is 158 Å². The molecule has 11 heteroatoms. The van der Waals surface area contributed by atoms with Crippen LogP contribution in [0.4, 0.5) is 16.2 Å². The van der Waals surface area contributed by atoms with Gasteiger partial charge in [0.05, 0.1) is 13.1 Å². The number of nitrogens with one attached hydrogen (secondary N) is 2. The fourth-order valence-corrected chi connectivity index (χ4v) is 5.07. The van der Waals surface area contributed by atoms with Crippen molar-refractivity contribution in [3.63, 3.8) is 0 Å². The zero-order valence-corrected chi connectivity index (χ0v) is 25.8. The molecular weight excluding hydrogens is 586 g/mol. The van der Waals surface area contributed by atoms with Crippen molar-refractivity contribution in [1.29, 1.82) is 0 Å². The third kappa shape index (κ3) is 8.05. The van der Waals surface area contributed by atoms with E-state index in [4.69, 9.17) is 9.63 Å². The van der Waals surface area contributed by atoms with Crippen LogP contribution < -0.4 is 15.5 Å². The molecule has 3 amide bonds. The number of aromatic nitrogens is 2. The number of hydrogen-bond acceptors (Lipinski definition) is 7. The highest BCUT2D eigenvalue weighted by Crippen LogP contribution is 2.29. The van der Waals surface area contributed by atoms with Gasteiger partial charge < -0.3 is 25.4 Å². The number of amides is 3. The lowest BCUT2D eigenvalue weighted by molar-refractivity contribution is -0.146. The van der Waals surface area contributed by atoms with Gasteiger partial charge in [-0.05, 0) is 84.8 Å². The van der Waals surface area contributed by atoms with Crippen LogP contribution in [0.5, 0.6) is 0 Å². The molecule has 0 radical (unpaired) electrons. The Hall–Kier alpha value is -5.29. The fourth-order valence-electron chi connectivity index (χ4n) is 5.07. The molecule has 1 aliphatic rings. The standard InChI is InChI=1S/C35H37N5O6/c1-22(2)31-38-33(46-39-31)27-9-6-10-28(19-27)37-35(45)40(29-17-15-25(16-18-29)24-7-4-3-5-8-24)21-23-11-13-26(14-12-23)32(42)36-20-30(41)34(43)44/h6-7,9-19,22,30,41H,3-5,8,20-21H2,1-2H3,(H,36,42)(H,37,45)(H,43,44)/t30-/m1/s1. The number of aliphatic hydroxyl groups is 1. The van der Waals surface area contributed by atoms with E-state index in [0.717, 1.165) is 30.4 Å². The molecule has 0 unspecified atom stereocenters. The van der Waals surface area contributed by atoms with Gasteiger partial charge in [-0.25, -0.2) is 9.59 Å². The van der Waals surface area contributed by atoms with E-state index in [1.54, 1.807) is 47.4 Å². The van der Waals surface area contributed by atoms with Gasteiger partial charge in [0.25, 0.3) is 11.8 Å². The van der Waals surface area contributed by atoms with Gasteiger partial charge in [-0.15, -0.1) is 0 Å². The van der Waals surface area contributed by atoms with Gasteiger partial charge in [0.2, 0.25) is 0 Å². The van der Waals surface area contributed by atoms with E-state index in [0.29, 0.717) is 34.2 Å². The average molecular weight is 624 g/mol. The minimum Gasteiger partial charge on any atom is -0.479 e. The van der Waals surface area contributed by atoms with Crippen molar-refractivity contribution < 1.29 is 29.1 Å². The first-order valence-corrected chi connectivity index (χ1v) is 15.3. The van der Waals surface area contributed by atoms with E-state index >= 15 is 0 Å². The number of hydrogen-bond donors (Lipinski definition) is 4. The van der Waals surface area contributed by atoms with Crippen molar-refractivity contribution in [2.24, 2.45) is 0 Å². The average Bonchev–Trinajstić information content (AvgIpc) is 3.58. The Morgan fingerprint density at radius 2 is 1.74 bits per heavy atom. The third-order valence-corrected chi connectivity index (χ3v) is 7.70. The smallest absolute Gasteiger partial charge is 0.334 e. The maximum atomic E-state index is 13.8. The third-order valence-electron chi connectivity index (χ3n) is 7.70. The zero-order chi connectivity index (χ0) is 32.6. The summed E-state index contributed by atoms with van der Waals surface area (Å²) < 4.78 is 5.44. The first-order chi connectivity index (χ1) is 22.2. The molecule has 1 aromatic heterocycles. The summed E-state index contributed by atoms with van der Waals surface area (Å²) in [5, 5.41) is 27.7. The van der Waals surface area contributed by atoms with Crippen LogP contribution in [0.3, 0.4) is 0 Å². The van der Waals surface area contributed by atoms with Crippen molar-refractivity contribution in [3.8, 4) is 11.5 Å². The lowest BCUT2D eigenvalue weighted by Crippen LogP contribution is -2.36. The minimum atomic E-state index is -1.69. The number of carbonyl (C=O) groups is 3. The summed E-state index contributed by atoms with van der Waals surface area (Å²) in [6.07, 6.45) is 5.06. The normalized spacial score (nSPS) is 13.5. The van der Waals surface area contributed by atoms with Crippen LogP contribution in [0, 0.1) is 0 Å². The molecule has 4 N–H and O–H groups in total. The van der Waals surface area contributed by atoms with Gasteiger partial charge in [-0.1, -0.05) is 55.4 Å². The molecule has 1 heterocycles. The van der Waals surface area contributed by atoms with Crippen LogP contribution in [0.15, 0.2) is 83.4 Å². The van der Waals surface area contributed by atoms with Gasteiger partial charge in [0.15, 0.2) is 11.9 Å². The molecular formula is C35H37N5O6. The molecule has 238 valence electrons. The number of aliphatic hydroxyl groups excluding tert-OH is 1. The molecule has 0 spiro atoms. The minimum absolute atomic E-state index is 0.114. The second kappa shape index (κ2) is 14.7. The molecule has 5 rings (SSSR count). The Morgan fingerprint density at radius 1 is 0.978 bits per heavy atom. The highest BCUT2D eigenvalue weighted by Gasteiger charge is 2.20. The van der Waals surface area contributed by atoms with Crippen molar-refractivity contribution in [3.05, 3.63) is 101 Å². The van der Waals surface area contributed by atoms with Crippen LogP contribution in [0.25, 0.3) is 17.0 Å². The SMILES string of the molecule is CC(C)c1noc(-c2cccc(NC(=O)N(Cc3ccc(C(=O)NC[C@@H](O)C(=O)O)cc3)c3ccc(C4=CCCCC4)cc3)c2)n1. The summed E-state index contributed by atoms with van der Waals surface area (Å²) >= 11 is 0. The zero-order valence-electron chi connectivity index (χ0n) is 25.8. The predicted octanol–water partition coefficient (Wildman–Crippen LogP) is 6.23. The number of carbonyl (C=O) groups excluding carboxylic acids is 2. The number of benzene rings is 3. The Balaban J connectivity index is 1.36. The quantitative estimate of drug-likeness (QED) is 0.153. The summed E-state index contributed by atoms with van der Waals surface area (Å²) in [5.74, 6) is -0.854. The molecule has 1 atom stereocenters. The summed E-state index contributed by atoms with van der Waals surface area (Å²) in [7, 11) is 0. The Morgan fingerprint density at radius 3 is 2.39 bits per heavy atom. The highest BCUT2D eigenvalue weighted by molar-refractivity contribution is 6.02. The van der Waals surface area contributed by atoms with E-state index in [-0.39, 0.29) is 18.5 Å². The number of nitrogens with zero attached hydrogens (tertiary/aromatic N) is 3. The first kappa shape index (κ1) is 32.1. The van der Waals surface area contributed by atoms with E-state index in [9.17, 15) is 19.5 Å². The summed E-state index contributed by atoms with van der Waals surface area (Å²) in [4.78, 5) is 43.2. The van der Waals surface area contributed by atoms with Gasteiger partial charge in [0, 0.05) is 28.4 Å². The largest absolute Gasteiger partial charge is 0.479 e. The number of rotatable bonds is 11. The van der Waals surface area contributed by atoms with E-state index < -0.39 is 24.5 Å². The van der Waals surface area contributed by atoms with Crippen LogP contribution in [0.2, 0.25) is 0 Å². The van der Waals surface area contributed by atoms with Gasteiger partial charge in [-0.3, -0.25) is 9.69 Å². The number of carboxylic acid groups (broad SMARTS) is 1. The second-order valence-electron chi connectivity index (χ2n) is 11.5. The first-order valence-electron chi connectivity index (χ1n) is 15.3. The number of urea groups is 1. The molecule has 1 aliphatic carbocycles. The Kier molecular flexibility index (Phi) is 10.2. The van der Waals surface area contributed by atoms with Crippen LogP contribution in [0.1, 0.15) is 72.8 Å². The molecule has 0 aliphatic heterocycles. The Bertz CT molecular complexity index is 1710. The maximum absolute atomic E-state index is 13.8. The van der Waals surface area contributed by atoms with E-state index in [1.807, 2.05) is 44.2 Å². The lowest BCUT2D eigenvalue weighted by atomic mass is 9.93. The van der Waals surface area contributed by atoms with Crippen molar-refractivity contribution in [2.45, 2.75) is 58.1 Å². The molecule has 46 heavy (non-hydrogen) atoms. The maximum Gasteiger partial charge on any atom is 0.334 e. The van der Waals surface area contributed by atoms with Crippen molar-refractivity contribution >= 4 is 34.9 Å².